The molecule has 2 aromatic rings. The lowest BCUT2D eigenvalue weighted by molar-refractivity contribution is -0.0956. The molecule has 110 valence electrons. The van der Waals surface area contributed by atoms with E-state index in [1.54, 1.807) is 17.9 Å². The minimum absolute atomic E-state index is 0.0848. The zero-order chi connectivity index (χ0) is 14.8. The molecule has 4 rings (SSSR count). The maximum absolute atomic E-state index is 13.9. The van der Waals surface area contributed by atoms with Gasteiger partial charge in [0.1, 0.15) is 11.4 Å². The average Bonchev–Trinajstić information content (AvgIpc) is 3.20. The number of amides is 1. The number of hydrogen-bond acceptors (Lipinski definition) is 3. The average molecular weight is 305 g/mol. The van der Waals surface area contributed by atoms with Gasteiger partial charge >= 0.3 is 0 Å². The van der Waals surface area contributed by atoms with Crippen LogP contribution >= 0.6 is 11.3 Å². The number of likely N-dealkylation sites (tertiary alicyclic amines) is 1. The number of nitrogens with zero attached hydrogens (tertiary/aromatic N) is 1. The molecule has 2 aliphatic rings. The highest BCUT2D eigenvalue weighted by atomic mass is 32.1. The molecule has 2 fully saturated rings. The summed E-state index contributed by atoms with van der Waals surface area (Å²) in [4.78, 5) is 14.8. The molecule has 0 unspecified atom stereocenters. The number of aryl methyl sites for hydroxylation is 1. The van der Waals surface area contributed by atoms with Crippen LogP contribution in [0.15, 0.2) is 18.2 Å². The number of aliphatic hydroxyl groups is 1. The number of carbonyl (C=O) groups is 1. The Morgan fingerprint density at radius 2 is 2.14 bits per heavy atom. The zero-order valence-electron chi connectivity index (χ0n) is 11.7. The number of rotatable bonds is 2. The van der Waals surface area contributed by atoms with Crippen molar-refractivity contribution < 1.29 is 14.3 Å². The lowest BCUT2D eigenvalue weighted by Crippen LogP contribution is -2.64. The third-order valence-electron chi connectivity index (χ3n) is 4.65. The minimum atomic E-state index is -0.675. The fraction of sp³-hybridized carbons (Fsp3) is 0.438. The van der Waals surface area contributed by atoms with E-state index < -0.39 is 5.60 Å². The van der Waals surface area contributed by atoms with Gasteiger partial charge in [0.05, 0.1) is 18.0 Å². The standard InChI is InChI=1S/C16H16FNO2S/c1-9-13-11(17)3-2-4-12(13)21-14(9)15(19)18-7-16(20,8-18)10-5-6-10/h2-4,10,20H,5-8H2,1H3. The Labute approximate surface area is 126 Å². The predicted molar refractivity (Wildman–Crippen MR) is 80.1 cm³/mol. The normalized spacial score (nSPS) is 20.6. The molecular formula is C16H16FNO2S. The summed E-state index contributed by atoms with van der Waals surface area (Å²) in [5.74, 6) is -0.000630. The summed E-state index contributed by atoms with van der Waals surface area (Å²) in [5.41, 5.74) is 0.0332. The second-order valence-corrected chi connectivity index (χ2v) is 7.26. The number of hydrogen-bond donors (Lipinski definition) is 1. The van der Waals surface area contributed by atoms with Gasteiger partial charge in [0.15, 0.2) is 0 Å². The molecule has 1 aromatic heterocycles. The molecule has 0 spiro atoms. The molecule has 2 heterocycles. The van der Waals surface area contributed by atoms with Gasteiger partial charge in [-0.15, -0.1) is 11.3 Å². The van der Waals surface area contributed by atoms with E-state index >= 15 is 0 Å². The smallest absolute Gasteiger partial charge is 0.264 e. The Morgan fingerprint density at radius 3 is 2.76 bits per heavy atom. The summed E-state index contributed by atoms with van der Waals surface area (Å²) in [6.07, 6.45) is 2.12. The molecule has 5 heteroatoms. The van der Waals surface area contributed by atoms with E-state index in [9.17, 15) is 14.3 Å². The van der Waals surface area contributed by atoms with E-state index in [1.807, 2.05) is 6.07 Å². The summed E-state index contributed by atoms with van der Waals surface area (Å²) >= 11 is 1.34. The van der Waals surface area contributed by atoms with Crippen molar-refractivity contribution in [3.05, 3.63) is 34.5 Å². The van der Waals surface area contributed by atoms with Crippen LogP contribution in [-0.2, 0) is 0 Å². The second kappa shape index (κ2) is 4.27. The van der Waals surface area contributed by atoms with Crippen molar-refractivity contribution in [3.63, 3.8) is 0 Å². The molecule has 0 radical (unpaired) electrons. The molecule has 0 atom stereocenters. The number of thiophene rings is 1. The van der Waals surface area contributed by atoms with Crippen LogP contribution in [0, 0.1) is 18.7 Å². The van der Waals surface area contributed by atoms with Crippen molar-refractivity contribution in [2.24, 2.45) is 5.92 Å². The first kappa shape index (κ1) is 13.2. The summed E-state index contributed by atoms with van der Waals surface area (Å²) in [6, 6.07) is 4.92. The summed E-state index contributed by atoms with van der Waals surface area (Å²) < 4.78 is 14.7. The van der Waals surface area contributed by atoms with Gasteiger partial charge in [-0.2, -0.15) is 0 Å². The number of halogens is 1. The van der Waals surface area contributed by atoms with Crippen LogP contribution in [0.25, 0.3) is 10.1 Å². The molecule has 1 saturated heterocycles. The molecule has 21 heavy (non-hydrogen) atoms. The van der Waals surface area contributed by atoms with Crippen molar-refractivity contribution >= 4 is 27.3 Å². The second-order valence-electron chi connectivity index (χ2n) is 6.21. The van der Waals surface area contributed by atoms with Crippen molar-refractivity contribution in [1.29, 1.82) is 0 Å². The van der Waals surface area contributed by atoms with E-state index in [2.05, 4.69) is 0 Å². The molecule has 1 aliphatic heterocycles. The van der Waals surface area contributed by atoms with Gasteiger partial charge in [-0.25, -0.2) is 4.39 Å². The van der Waals surface area contributed by atoms with Gasteiger partial charge in [-0.1, -0.05) is 6.07 Å². The van der Waals surface area contributed by atoms with Crippen LogP contribution < -0.4 is 0 Å². The van der Waals surface area contributed by atoms with Gasteiger partial charge in [0.25, 0.3) is 5.91 Å². The molecule has 1 saturated carbocycles. The Hall–Kier alpha value is -1.46. The number of benzene rings is 1. The number of β-amino-alcohol motifs (C(OH)–C–C–N with tert-alkyl or cyclic N) is 1. The summed E-state index contributed by atoms with van der Waals surface area (Å²) in [6.45, 7) is 2.61. The van der Waals surface area contributed by atoms with Crippen LogP contribution in [-0.4, -0.2) is 34.6 Å². The van der Waals surface area contributed by atoms with Crippen LogP contribution in [0.3, 0.4) is 0 Å². The third kappa shape index (κ3) is 1.91. The van der Waals surface area contributed by atoms with Gasteiger partial charge in [-0.3, -0.25) is 4.79 Å². The topological polar surface area (TPSA) is 40.5 Å². The third-order valence-corrected chi connectivity index (χ3v) is 5.90. The Bertz CT molecular complexity index is 744. The first-order valence-electron chi connectivity index (χ1n) is 7.19. The summed E-state index contributed by atoms with van der Waals surface area (Å²) in [5, 5.41) is 10.9. The zero-order valence-corrected chi connectivity index (χ0v) is 12.5. The molecule has 1 aliphatic carbocycles. The lowest BCUT2D eigenvalue weighted by Gasteiger charge is -2.46. The Morgan fingerprint density at radius 1 is 1.43 bits per heavy atom. The highest BCUT2D eigenvalue weighted by molar-refractivity contribution is 7.21. The Balaban J connectivity index is 1.63. The van der Waals surface area contributed by atoms with Crippen molar-refractivity contribution in [3.8, 4) is 0 Å². The van der Waals surface area contributed by atoms with Crippen LogP contribution in [0.5, 0.6) is 0 Å². The first-order chi connectivity index (χ1) is 9.99. The van der Waals surface area contributed by atoms with E-state index in [-0.39, 0.29) is 11.7 Å². The fourth-order valence-electron chi connectivity index (χ4n) is 3.24. The van der Waals surface area contributed by atoms with Crippen molar-refractivity contribution in [2.75, 3.05) is 13.1 Å². The highest BCUT2D eigenvalue weighted by Crippen LogP contribution is 2.45. The van der Waals surface area contributed by atoms with Crippen molar-refractivity contribution in [2.45, 2.75) is 25.4 Å². The molecule has 1 N–H and O–H groups in total. The van der Waals surface area contributed by atoms with Crippen LogP contribution in [0.1, 0.15) is 28.1 Å². The van der Waals surface area contributed by atoms with Crippen molar-refractivity contribution in [1.82, 2.24) is 4.90 Å². The van der Waals surface area contributed by atoms with E-state index in [0.717, 1.165) is 17.5 Å². The molecule has 3 nitrogen and oxygen atoms in total. The molecular weight excluding hydrogens is 289 g/mol. The lowest BCUT2D eigenvalue weighted by atomic mass is 9.88. The minimum Gasteiger partial charge on any atom is -0.386 e. The number of fused-ring (bicyclic) bond motifs is 1. The molecule has 1 amide bonds. The van der Waals surface area contributed by atoms with Gasteiger partial charge in [-0.05, 0) is 43.4 Å². The van der Waals surface area contributed by atoms with E-state index in [1.165, 1.54) is 17.4 Å². The van der Waals surface area contributed by atoms with E-state index in [0.29, 0.717) is 34.8 Å². The maximum atomic E-state index is 13.9. The fourth-order valence-corrected chi connectivity index (χ4v) is 4.43. The highest BCUT2D eigenvalue weighted by Gasteiger charge is 2.53. The Kier molecular flexibility index (Phi) is 2.69. The largest absolute Gasteiger partial charge is 0.386 e. The van der Waals surface area contributed by atoms with Crippen LogP contribution in [0.2, 0.25) is 0 Å². The SMILES string of the molecule is Cc1c(C(=O)N2CC(O)(C3CC3)C2)sc2cccc(F)c12. The monoisotopic (exact) mass is 305 g/mol. The van der Waals surface area contributed by atoms with Gasteiger partial charge < -0.3 is 10.0 Å². The van der Waals surface area contributed by atoms with Crippen LogP contribution in [0.4, 0.5) is 4.39 Å². The number of carbonyl (C=O) groups excluding carboxylic acids is 1. The quantitative estimate of drug-likeness (QED) is 0.926. The van der Waals surface area contributed by atoms with E-state index in [4.69, 9.17) is 0 Å². The van der Waals surface area contributed by atoms with Gasteiger partial charge in [0.2, 0.25) is 0 Å². The molecule has 1 aromatic carbocycles. The first-order valence-corrected chi connectivity index (χ1v) is 8.00. The summed E-state index contributed by atoms with van der Waals surface area (Å²) in [7, 11) is 0. The predicted octanol–water partition coefficient (Wildman–Crippen LogP) is 2.95. The maximum Gasteiger partial charge on any atom is 0.264 e. The molecule has 0 bridgehead atoms. The van der Waals surface area contributed by atoms with Gasteiger partial charge in [0, 0.05) is 10.1 Å².